The van der Waals surface area contributed by atoms with E-state index in [0.29, 0.717) is 25.3 Å². The van der Waals surface area contributed by atoms with E-state index in [-0.39, 0.29) is 11.7 Å². The van der Waals surface area contributed by atoms with Crippen molar-refractivity contribution in [3.8, 4) is 5.75 Å². The topological polar surface area (TPSA) is 32.8 Å². The van der Waals surface area contributed by atoms with Crippen LogP contribution in [0.1, 0.15) is 102 Å². The molecule has 2 aromatic rings. The van der Waals surface area contributed by atoms with E-state index in [0.717, 1.165) is 36.5 Å². The smallest absolute Gasteiger partial charge is 0.223 e. The minimum atomic E-state index is -0.329. The number of amides is 1. The number of unbranched alkanes of at least 4 members (excludes halogenated alkanes) is 11. The van der Waals surface area contributed by atoms with Gasteiger partial charge in [0.05, 0.1) is 12.5 Å². The summed E-state index contributed by atoms with van der Waals surface area (Å²) in [7, 11) is 0. The summed E-state index contributed by atoms with van der Waals surface area (Å²) in [4.78, 5) is 16.4. The molecule has 3 rings (SSSR count). The maximum Gasteiger partial charge on any atom is 0.223 e. The van der Waals surface area contributed by atoms with Gasteiger partial charge in [0.25, 0.3) is 0 Å². The molecule has 1 heterocycles. The van der Waals surface area contributed by atoms with Gasteiger partial charge in [0, 0.05) is 31.9 Å². The highest BCUT2D eigenvalue weighted by Gasteiger charge is 2.13. The van der Waals surface area contributed by atoms with Crippen LogP contribution in [-0.4, -0.2) is 29.8 Å². The van der Waals surface area contributed by atoms with Crippen molar-refractivity contribution in [2.75, 3.05) is 23.9 Å². The number of hydrogen-bond acceptors (Lipinski definition) is 4. The first-order chi connectivity index (χ1) is 19.6. The van der Waals surface area contributed by atoms with E-state index >= 15 is 0 Å². The normalized spacial score (nSPS) is 12.7. The number of halogens is 1. The number of carbonyl (C=O) groups is 1. The van der Waals surface area contributed by atoms with Crippen molar-refractivity contribution >= 4 is 23.4 Å². The van der Waals surface area contributed by atoms with Crippen LogP contribution in [-0.2, 0) is 17.8 Å². The zero-order valence-electron chi connectivity index (χ0n) is 24.7. The number of hydrogen-bond donors (Lipinski definition) is 0. The van der Waals surface area contributed by atoms with Crippen LogP contribution in [0.15, 0.2) is 54.1 Å². The van der Waals surface area contributed by atoms with Gasteiger partial charge in [-0.25, -0.2) is 4.39 Å². The van der Waals surface area contributed by atoms with Gasteiger partial charge in [0.1, 0.15) is 0 Å². The van der Waals surface area contributed by atoms with Crippen molar-refractivity contribution in [2.24, 2.45) is 0 Å². The Bertz CT molecular complexity index is 1030. The van der Waals surface area contributed by atoms with Gasteiger partial charge >= 0.3 is 0 Å². The maximum absolute atomic E-state index is 14.7. The van der Waals surface area contributed by atoms with Crippen molar-refractivity contribution in [3.63, 3.8) is 0 Å². The summed E-state index contributed by atoms with van der Waals surface area (Å²) >= 11 is 1.79. The summed E-state index contributed by atoms with van der Waals surface area (Å²) in [6.07, 6.45) is 18.2. The van der Waals surface area contributed by atoms with Crippen LogP contribution in [0.2, 0.25) is 0 Å². The number of ether oxygens (including phenoxy) is 1. The Morgan fingerprint density at radius 1 is 0.900 bits per heavy atom. The van der Waals surface area contributed by atoms with Gasteiger partial charge in [-0.1, -0.05) is 95.8 Å². The summed E-state index contributed by atoms with van der Waals surface area (Å²) in [5.41, 5.74) is 2.93. The lowest BCUT2D eigenvalue weighted by atomic mass is 10.1. The quantitative estimate of drug-likeness (QED) is 0.149. The zero-order chi connectivity index (χ0) is 28.4. The van der Waals surface area contributed by atoms with Gasteiger partial charge in [0.2, 0.25) is 5.91 Å². The first-order valence-corrected chi connectivity index (χ1v) is 16.4. The van der Waals surface area contributed by atoms with Crippen molar-refractivity contribution in [1.82, 2.24) is 4.90 Å². The first kappa shape index (κ1) is 32.0. The van der Waals surface area contributed by atoms with Gasteiger partial charge in [-0.3, -0.25) is 4.79 Å². The molecule has 0 fully saturated rings. The molecule has 0 spiro atoms. The molecule has 1 amide bonds. The summed E-state index contributed by atoms with van der Waals surface area (Å²) in [6.45, 7) is 5.75. The standard InChI is InChI=1S/C34H49FN2O2S/c1-3-4-5-6-7-8-9-10-11-12-13-14-24-39-34-20-17-30(26-33(34)35)21-22-37(29(2)38)32-18-15-31(16-19-32)27-36-23-25-40-28-36/h15-20,23,25-26H,3-14,21-22,24,27-28H2,1-2H3. The third kappa shape index (κ3) is 12.0. The number of thioether (sulfide) groups is 1. The van der Waals surface area contributed by atoms with E-state index in [2.05, 4.69) is 35.6 Å². The average molecular weight is 569 g/mol. The summed E-state index contributed by atoms with van der Waals surface area (Å²) in [6, 6.07) is 13.3. The molecule has 2 aromatic carbocycles. The Balaban J connectivity index is 1.32. The highest BCUT2D eigenvalue weighted by atomic mass is 32.2. The molecule has 1 aliphatic heterocycles. The summed E-state index contributed by atoms with van der Waals surface area (Å²) < 4.78 is 20.4. The van der Waals surface area contributed by atoms with Gasteiger partial charge in [-0.05, 0) is 53.6 Å². The second kappa shape index (κ2) is 18.8. The molecular weight excluding hydrogens is 519 g/mol. The van der Waals surface area contributed by atoms with E-state index in [1.54, 1.807) is 35.7 Å². The monoisotopic (exact) mass is 568 g/mol. The number of rotatable bonds is 20. The lowest BCUT2D eigenvalue weighted by Crippen LogP contribution is -2.30. The zero-order valence-corrected chi connectivity index (χ0v) is 25.5. The van der Waals surface area contributed by atoms with E-state index in [1.165, 1.54) is 69.8 Å². The molecule has 0 N–H and O–H groups in total. The minimum Gasteiger partial charge on any atom is -0.491 e. The lowest BCUT2D eigenvalue weighted by Gasteiger charge is -2.22. The minimum absolute atomic E-state index is 0.0190. The second-order valence-corrected chi connectivity index (χ2v) is 11.8. The van der Waals surface area contributed by atoms with Crippen LogP contribution in [0, 0.1) is 5.82 Å². The molecule has 0 aromatic heterocycles. The molecule has 0 bridgehead atoms. The van der Waals surface area contributed by atoms with E-state index in [1.807, 2.05) is 18.2 Å². The molecule has 0 saturated heterocycles. The number of carbonyl (C=O) groups excluding carboxylic acids is 1. The Morgan fingerprint density at radius 2 is 1.52 bits per heavy atom. The molecule has 0 unspecified atom stereocenters. The van der Waals surface area contributed by atoms with Gasteiger partial charge in [0.15, 0.2) is 11.6 Å². The van der Waals surface area contributed by atoms with Crippen molar-refractivity contribution in [2.45, 2.75) is 104 Å². The van der Waals surface area contributed by atoms with Crippen LogP contribution in [0.4, 0.5) is 10.1 Å². The highest BCUT2D eigenvalue weighted by Crippen LogP contribution is 2.23. The van der Waals surface area contributed by atoms with Crippen molar-refractivity contribution < 1.29 is 13.9 Å². The van der Waals surface area contributed by atoms with Crippen LogP contribution in [0.5, 0.6) is 5.75 Å². The molecular formula is C34H49FN2O2S. The third-order valence-corrected chi connectivity index (χ3v) is 8.29. The maximum atomic E-state index is 14.7. The SMILES string of the molecule is CCCCCCCCCCCCCCOc1ccc(CCN(C(C)=O)c2ccc(CN3C=CSC3)cc2)cc1F. The molecule has 0 saturated carbocycles. The average Bonchev–Trinajstić information content (AvgIpc) is 3.46. The number of nitrogens with zero attached hydrogens (tertiary/aromatic N) is 2. The van der Waals surface area contributed by atoms with Gasteiger partial charge in [-0.15, -0.1) is 11.8 Å². The van der Waals surface area contributed by atoms with Gasteiger partial charge < -0.3 is 14.5 Å². The van der Waals surface area contributed by atoms with Crippen LogP contribution < -0.4 is 9.64 Å². The fraction of sp³-hybridized carbons (Fsp3) is 0.559. The number of anilines is 1. The molecule has 0 aliphatic carbocycles. The van der Waals surface area contributed by atoms with Crippen LogP contribution in [0.25, 0.3) is 0 Å². The molecule has 220 valence electrons. The summed E-state index contributed by atoms with van der Waals surface area (Å²) in [5, 5.41) is 2.10. The van der Waals surface area contributed by atoms with Gasteiger partial charge in [-0.2, -0.15) is 0 Å². The molecule has 1 aliphatic rings. The van der Waals surface area contributed by atoms with Crippen LogP contribution in [0.3, 0.4) is 0 Å². The molecule has 40 heavy (non-hydrogen) atoms. The largest absolute Gasteiger partial charge is 0.491 e. The van der Waals surface area contributed by atoms with Crippen molar-refractivity contribution in [1.29, 1.82) is 0 Å². The molecule has 6 heteroatoms. The Morgan fingerprint density at radius 3 is 2.10 bits per heavy atom. The van der Waals surface area contributed by atoms with E-state index < -0.39 is 0 Å². The van der Waals surface area contributed by atoms with E-state index in [9.17, 15) is 9.18 Å². The summed E-state index contributed by atoms with van der Waals surface area (Å²) in [5.74, 6) is 0.942. The molecule has 0 radical (unpaired) electrons. The second-order valence-electron chi connectivity index (χ2n) is 10.9. The van der Waals surface area contributed by atoms with Crippen LogP contribution >= 0.6 is 11.8 Å². The Labute approximate surface area is 246 Å². The molecule has 4 nitrogen and oxygen atoms in total. The first-order valence-electron chi connectivity index (χ1n) is 15.4. The predicted molar refractivity (Wildman–Crippen MR) is 168 cm³/mol. The predicted octanol–water partition coefficient (Wildman–Crippen LogP) is 9.48. The fourth-order valence-electron chi connectivity index (χ4n) is 5.08. The Kier molecular flexibility index (Phi) is 15.1. The van der Waals surface area contributed by atoms with Crippen molar-refractivity contribution in [3.05, 3.63) is 71.0 Å². The number of benzene rings is 2. The third-order valence-electron chi connectivity index (χ3n) is 7.50. The van der Waals surface area contributed by atoms with E-state index in [4.69, 9.17) is 4.74 Å². The Hall–Kier alpha value is -2.47. The molecule has 0 atom stereocenters. The lowest BCUT2D eigenvalue weighted by molar-refractivity contribution is -0.116. The highest BCUT2D eigenvalue weighted by molar-refractivity contribution is 8.02. The fourth-order valence-corrected chi connectivity index (χ4v) is 5.79.